The average Bonchev–Trinajstić information content (AvgIpc) is 3.28. The summed E-state index contributed by atoms with van der Waals surface area (Å²) in [6.45, 7) is 5.69. The molecule has 0 saturated carbocycles. The van der Waals surface area contributed by atoms with Crippen molar-refractivity contribution in [1.29, 1.82) is 0 Å². The molecule has 0 atom stereocenters. The monoisotopic (exact) mass is 445 g/mol. The van der Waals surface area contributed by atoms with Crippen LogP contribution in [0.2, 0.25) is 10.0 Å². The molecule has 0 unspecified atom stereocenters. The minimum atomic E-state index is -1.82. The third kappa shape index (κ3) is 6.70. The van der Waals surface area contributed by atoms with Crippen LogP contribution in [0.4, 0.5) is 0 Å². The molecule has 10 heteroatoms. The van der Waals surface area contributed by atoms with Crippen molar-refractivity contribution in [1.82, 2.24) is 14.7 Å². The Balaban J connectivity index is 0.000000409. The van der Waals surface area contributed by atoms with Crippen LogP contribution in [0.15, 0.2) is 29.3 Å². The van der Waals surface area contributed by atoms with Gasteiger partial charge in [-0.15, -0.1) is 11.8 Å². The van der Waals surface area contributed by atoms with E-state index in [0.717, 1.165) is 28.7 Å². The summed E-state index contributed by atoms with van der Waals surface area (Å²) in [7, 11) is 0. The second-order valence-corrected chi connectivity index (χ2v) is 8.07. The van der Waals surface area contributed by atoms with Crippen LogP contribution < -0.4 is 0 Å². The van der Waals surface area contributed by atoms with Crippen LogP contribution in [0.3, 0.4) is 0 Å². The van der Waals surface area contributed by atoms with Gasteiger partial charge in [0, 0.05) is 18.0 Å². The molecule has 1 fully saturated rings. The normalized spacial score (nSPS) is 13.8. The van der Waals surface area contributed by atoms with Crippen LogP contribution in [-0.4, -0.2) is 62.2 Å². The van der Waals surface area contributed by atoms with Crippen LogP contribution in [0.5, 0.6) is 0 Å². The van der Waals surface area contributed by atoms with Gasteiger partial charge in [-0.3, -0.25) is 0 Å². The number of carboxylic acids is 2. The molecule has 3 rings (SSSR count). The molecular formula is C18H21Cl2N3O4S. The van der Waals surface area contributed by atoms with E-state index in [1.165, 1.54) is 25.9 Å². The number of hydrogen-bond donors (Lipinski definition) is 2. The molecule has 2 heterocycles. The van der Waals surface area contributed by atoms with E-state index in [-0.39, 0.29) is 0 Å². The Labute approximate surface area is 177 Å². The fourth-order valence-electron chi connectivity index (χ4n) is 2.68. The van der Waals surface area contributed by atoms with Gasteiger partial charge in [0.2, 0.25) is 0 Å². The Morgan fingerprint density at radius 1 is 1.11 bits per heavy atom. The lowest BCUT2D eigenvalue weighted by Crippen LogP contribution is -2.21. The van der Waals surface area contributed by atoms with E-state index >= 15 is 0 Å². The Morgan fingerprint density at radius 2 is 1.75 bits per heavy atom. The van der Waals surface area contributed by atoms with Gasteiger partial charge in [-0.25, -0.2) is 14.3 Å². The molecule has 0 spiro atoms. The van der Waals surface area contributed by atoms with Crippen molar-refractivity contribution in [3.63, 3.8) is 0 Å². The molecule has 0 amide bonds. The molecule has 2 aromatic rings. The second-order valence-electron chi connectivity index (χ2n) is 6.14. The summed E-state index contributed by atoms with van der Waals surface area (Å²) >= 11 is 13.9. The number of carbonyl (C=O) groups is 2. The highest BCUT2D eigenvalue weighted by Crippen LogP contribution is 2.26. The molecule has 7 nitrogen and oxygen atoms in total. The zero-order valence-electron chi connectivity index (χ0n) is 15.3. The van der Waals surface area contributed by atoms with Crippen LogP contribution in [0.1, 0.15) is 18.5 Å². The predicted molar refractivity (Wildman–Crippen MR) is 110 cm³/mol. The summed E-state index contributed by atoms with van der Waals surface area (Å²) in [6, 6.07) is 7.72. The summed E-state index contributed by atoms with van der Waals surface area (Å²) in [5.41, 5.74) is 2.04. The third-order valence-corrected chi connectivity index (χ3v) is 5.67. The van der Waals surface area contributed by atoms with Gasteiger partial charge in [0.05, 0.1) is 15.7 Å². The first-order chi connectivity index (χ1) is 13.3. The maximum Gasteiger partial charge on any atom is 0.414 e. The molecule has 2 N–H and O–H groups in total. The quantitative estimate of drug-likeness (QED) is 0.532. The SMILES string of the molecule is Cc1cc(SCCN2CCCC2)nn1-c1ccc(Cl)c(Cl)c1.O=C(O)C(=O)O. The van der Waals surface area contributed by atoms with Gasteiger partial charge >= 0.3 is 11.9 Å². The molecule has 1 saturated heterocycles. The number of hydrogen-bond acceptors (Lipinski definition) is 5. The Hall–Kier alpha value is -1.74. The number of aryl methyl sites for hydroxylation is 1. The summed E-state index contributed by atoms with van der Waals surface area (Å²) in [4.78, 5) is 20.7. The first kappa shape index (κ1) is 22.5. The molecule has 0 bridgehead atoms. The molecule has 0 radical (unpaired) electrons. The number of thioether (sulfide) groups is 1. The number of halogens is 2. The predicted octanol–water partition coefficient (Wildman–Crippen LogP) is 3.83. The molecule has 1 aromatic heterocycles. The van der Waals surface area contributed by atoms with Gasteiger partial charge < -0.3 is 15.1 Å². The Bertz CT molecular complexity index is 826. The van der Waals surface area contributed by atoms with Crippen LogP contribution >= 0.6 is 35.0 Å². The number of carboxylic acid groups (broad SMARTS) is 2. The molecule has 0 aliphatic carbocycles. The van der Waals surface area contributed by atoms with Crippen molar-refractivity contribution < 1.29 is 19.8 Å². The molecule has 1 aromatic carbocycles. The number of aromatic nitrogens is 2. The smallest absolute Gasteiger partial charge is 0.414 e. The van der Waals surface area contributed by atoms with Gasteiger partial charge in [-0.2, -0.15) is 5.10 Å². The van der Waals surface area contributed by atoms with Crippen molar-refractivity contribution >= 4 is 46.9 Å². The van der Waals surface area contributed by atoms with E-state index in [2.05, 4.69) is 23.0 Å². The fourth-order valence-corrected chi connectivity index (χ4v) is 3.92. The van der Waals surface area contributed by atoms with E-state index in [4.69, 9.17) is 43.0 Å². The minimum absolute atomic E-state index is 0.553. The lowest BCUT2D eigenvalue weighted by atomic mass is 10.3. The molecule has 28 heavy (non-hydrogen) atoms. The van der Waals surface area contributed by atoms with Crippen molar-refractivity contribution in [2.24, 2.45) is 0 Å². The first-order valence-corrected chi connectivity index (χ1v) is 10.4. The highest BCUT2D eigenvalue weighted by atomic mass is 35.5. The van der Waals surface area contributed by atoms with E-state index < -0.39 is 11.9 Å². The van der Waals surface area contributed by atoms with Gasteiger partial charge in [0.1, 0.15) is 5.03 Å². The highest BCUT2D eigenvalue weighted by Gasteiger charge is 2.12. The maximum absolute atomic E-state index is 9.10. The number of rotatable bonds is 5. The van der Waals surface area contributed by atoms with Crippen LogP contribution in [0.25, 0.3) is 5.69 Å². The zero-order chi connectivity index (χ0) is 20.7. The molecule has 1 aliphatic rings. The second kappa shape index (κ2) is 10.7. The zero-order valence-corrected chi connectivity index (χ0v) is 17.6. The number of benzene rings is 1. The van der Waals surface area contributed by atoms with Crippen molar-refractivity contribution in [2.75, 3.05) is 25.4 Å². The lowest BCUT2D eigenvalue weighted by molar-refractivity contribution is -0.159. The van der Waals surface area contributed by atoms with Crippen LogP contribution in [0, 0.1) is 6.92 Å². The van der Waals surface area contributed by atoms with E-state index in [1.54, 1.807) is 6.07 Å². The largest absolute Gasteiger partial charge is 0.473 e. The minimum Gasteiger partial charge on any atom is -0.473 e. The number of nitrogens with zero attached hydrogens (tertiary/aromatic N) is 3. The fraction of sp³-hybridized carbons (Fsp3) is 0.389. The summed E-state index contributed by atoms with van der Waals surface area (Å²) in [6.07, 6.45) is 2.69. The maximum atomic E-state index is 9.10. The number of likely N-dealkylation sites (tertiary alicyclic amines) is 1. The van der Waals surface area contributed by atoms with E-state index in [0.29, 0.717) is 10.0 Å². The number of aliphatic carboxylic acids is 2. The summed E-state index contributed by atoms with van der Waals surface area (Å²) < 4.78 is 1.92. The van der Waals surface area contributed by atoms with Gasteiger partial charge in [0.25, 0.3) is 0 Å². The topological polar surface area (TPSA) is 95.7 Å². The molecule has 1 aliphatic heterocycles. The van der Waals surface area contributed by atoms with Crippen molar-refractivity contribution in [3.05, 3.63) is 40.0 Å². The molecular weight excluding hydrogens is 425 g/mol. The van der Waals surface area contributed by atoms with Gasteiger partial charge in [-0.05, 0) is 57.1 Å². The van der Waals surface area contributed by atoms with Gasteiger partial charge in [-0.1, -0.05) is 23.2 Å². The van der Waals surface area contributed by atoms with Crippen molar-refractivity contribution in [3.8, 4) is 5.69 Å². The van der Waals surface area contributed by atoms with Gasteiger partial charge in [0.15, 0.2) is 0 Å². The van der Waals surface area contributed by atoms with E-state index in [9.17, 15) is 0 Å². The molecule has 152 valence electrons. The third-order valence-electron chi connectivity index (χ3n) is 4.05. The Kier molecular flexibility index (Phi) is 8.62. The Morgan fingerprint density at radius 3 is 2.32 bits per heavy atom. The standard InChI is InChI=1S/C16H19Cl2N3S.C2H2O4/c1-12-10-16(22-9-8-20-6-2-3-7-20)19-21(12)13-4-5-14(17)15(18)11-13;3-1(4)2(5)6/h4-5,10-11H,2-3,6-9H2,1H3;(H,3,4)(H,5,6). The van der Waals surface area contributed by atoms with E-state index in [1.807, 2.05) is 28.6 Å². The van der Waals surface area contributed by atoms with Crippen LogP contribution in [-0.2, 0) is 9.59 Å². The lowest BCUT2D eigenvalue weighted by Gasteiger charge is -2.12. The highest BCUT2D eigenvalue weighted by molar-refractivity contribution is 7.99. The summed E-state index contributed by atoms with van der Waals surface area (Å²) in [5, 5.41) is 21.6. The van der Waals surface area contributed by atoms with Crippen molar-refractivity contribution in [2.45, 2.75) is 24.8 Å². The first-order valence-electron chi connectivity index (χ1n) is 8.61. The average molecular weight is 446 g/mol. The summed E-state index contributed by atoms with van der Waals surface area (Å²) in [5.74, 6) is -2.57.